The summed E-state index contributed by atoms with van der Waals surface area (Å²) in [6.07, 6.45) is 2.25. The third kappa shape index (κ3) is 0.590. The van der Waals surface area contributed by atoms with Crippen LogP contribution in [0.25, 0.3) is 22.3 Å². The highest BCUT2D eigenvalue weighted by Gasteiger charge is 2.46. The SMILES string of the molecule is O=c1oc2c3oc(c4c3C3CC[C@@H]4O3)c2o1. The fraction of sp³-hybridized carbons (Fsp3) is 0.364. The third-order valence-corrected chi connectivity index (χ3v) is 3.64. The normalized spacial score (nSPS) is 27.5. The zero-order valence-electron chi connectivity index (χ0n) is 8.11. The predicted molar refractivity (Wildman–Crippen MR) is 51.5 cm³/mol. The lowest BCUT2D eigenvalue weighted by atomic mass is 9.92. The van der Waals surface area contributed by atoms with Crippen molar-refractivity contribution in [2.45, 2.75) is 25.0 Å². The molecule has 0 spiro atoms. The van der Waals surface area contributed by atoms with Gasteiger partial charge in [0.05, 0.1) is 12.2 Å². The summed E-state index contributed by atoms with van der Waals surface area (Å²) < 4.78 is 21.4. The number of ether oxygens (including phenoxy) is 1. The van der Waals surface area contributed by atoms with Crippen molar-refractivity contribution >= 4 is 22.3 Å². The molecule has 0 N–H and O–H groups in total. The van der Waals surface area contributed by atoms with Crippen LogP contribution in [0.2, 0.25) is 0 Å². The predicted octanol–water partition coefficient (Wildman–Crippen LogP) is 2.48. The Morgan fingerprint density at radius 3 is 1.94 bits per heavy atom. The maximum absolute atomic E-state index is 11.1. The van der Waals surface area contributed by atoms with Crippen molar-refractivity contribution in [1.29, 1.82) is 0 Å². The van der Waals surface area contributed by atoms with Gasteiger partial charge in [-0.25, -0.2) is 4.79 Å². The number of hydrogen-bond donors (Lipinski definition) is 0. The van der Waals surface area contributed by atoms with E-state index in [0.29, 0.717) is 22.3 Å². The highest BCUT2D eigenvalue weighted by molar-refractivity contribution is 6.04. The van der Waals surface area contributed by atoms with Gasteiger partial charge in [0.2, 0.25) is 11.2 Å². The van der Waals surface area contributed by atoms with Crippen molar-refractivity contribution in [2.75, 3.05) is 0 Å². The molecular weight excluding hydrogens is 212 g/mol. The van der Waals surface area contributed by atoms with Crippen LogP contribution in [0.4, 0.5) is 0 Å². The number of benzene rings is 1. The molecule has 2 atom stereocenters. The van der Waals surface area contributed by atoms with Crippen LogP contribution in [0.5, 0.6) is 0 Å². The average molecular weight is 218 g/mol. The minimum absolute atomic E-state index is 0.112. The fourth-order valence-electron chi connectivity index (χ4n) is 3.07. The molecule has 16 heavy (non-hydrogen) atoms. The van der Waals surface area contributed by atoms with Gasteiger partial charge in [0.25, 0.3) is 0 Å². The summed E-state index contributed by atoms with van der Waals surface area (Å²) in [4.78, 5) is 11.1. The van der Waals surface area contributed by atoms with Crippen LogP contribution in [-0.4, -0.2) is 0 Å². The average Bonchev–Trinajstić information content (AvgIpc) is 2.98. The van der Waals surface area contributed by atoms with Gasteiger partial charge in [-0.1, -0.05) is 0 Å². The second-order valence-electron chi connectivity index (χ2n) is 4.39. The smallest absolute Gasteiger partial charge is 0.448 e. The van der Waals surface area contributed by atoms with E-state index >= 15 is 0 Å². The lowest BCUT2D eigenvalue weighted by Crippen LogP contribution is -1.95. The molecule has 5 nitrogen and oxygen atoms in total. The highest BCUT2D eigenvalue weighted by atomic mass is 16.6. The first-order valence-electron chi connectivity index (χ1n) is 5.29. The summed E-state index contributed by atoms with van der Waals surface area (Å²) in [5.74, 6) is -0.669. The highest BCUT2D eigenvalue weighted by Crippen LogP contribution is 2.57. The van der Waals surface area contributed by atoms with E-state index in [1.165, 1.54) is 0 Å². The van der Waals surface area contributed by atoms with Crippen molar-refractivity contribution in [3.8, 4) is 0 Å². The van der Waals surface area contributed by atoms with Crippen LogP contribution < -0.4 is 5.82 Å². The molecule has 5 heterocycles. The third-order valence-electron chi connectivity index (χ3n) is 3.64. The quantitative estimate of drug-likeness (QED) is 0.579. The monoisotopic (exact) mass is 218 g/mol. The van der Waals surface area contributed by atoms with Gasteiger partial charge in [-0.05, 0) is 12.8 Å². The Hall–Kier alpha value is -1.75. The molecule has 1 saturated heterocycles. The molecule has 80 valence electrons. The first-order chi connectivity index (χ1) is 7.83. The molecule has 2 aliphatic rings. The molecule has 0 radical (unpaired) electrons. The van der Waals surface area contributed by atoms with Crippen LogP contribution in [0.3, 0.4) is 0 Å². The van der Waals surface area contributed by atoms with Crippen molar-refractivity contribution in [3.05, 3.63) is 21.7 Å². The van der Waals surface area contributed by atoms with E-state index in [4.69, 9.17) is 18.0 Å². The van der Waals surface area contributed by atoms with Crippen LogP contribution in [-0.2, 0) is 4.74 Å². The molecule has 0 saturated carbocycles. The van der Waals surface area contributed by atoms with Crippen molar-refractivity contribution < 1.29 is 18.0 Å². The van der Waals surface area contributed by atoms with Crippen LogP contribution in [0.15, 0.2) is 18.0 Å². The number of fused-ring (bicyclic) bond motifs is 12. The molecule has 4 bridgehead atoms. The zero-order chi connectivity index (χ0) is 10.4. The topological polar surface area (TPSA) is 65.7 Å². The maximum atomic E-state index is 11.1. The first kappa shape index (κ1) is 7.51. The summed E-state index contributed by atoms with van der Waals surface area (Å²) in [7, 11) is 0. The van der Waals surface area contributed by atoms with Gasteiger partial charge in [-0.15, -0.1) is 0 Å². The maximum Gasteiger partial charge on any atom is 0.519 e. The van der Waals surface area contributed by atoms with Crippen molar-refractivity contribution in [2.24, 2.45) is 0 Å². The van der Waals surface area contributed by atoms with Crippen LogP contribution >= 0.6 is 0 Å². The van der Waals surface area contributed by atoms with E-state index < -0.39 is 5.82 Å². The molecule has 2 aliphatic heterocycles. The van der Waals surface area contributed by atoms with E-state index in [1.54, 1.807) is 0 Å². The number of rotatable bonds is 0. The summed E-state index contributed by atoms with van der Waals surface area (Å²) >= 11 is 0. The summed E-state index contributed by atoms with van der Waals surface area (Å²) in [5, 5.41) is 0. The Balaban J connectivity index is 2.07. The molecule has 0 aliphatic carbocycles. The molecular formula is C11H6O5. The largest absolute Gasteiger partial charge is 0.519 e. The van der Waals surface area contributed by atoms with Crippen LogP contribution in [0.1, 0.15) is 36.2 Å². The lowest BCUT2D eigenvalue weighted by molar-refractivity contribution is 0.0712. The summed E-state index contributed by atoms with van der Waals surface area (Å²) in [5.41, 5.74) is 4.30. The molecule has 3 aromatic rings. The van der Waals surface area contributed by atoms with Gasteiger partial charge >= 0.3 is 5.82 Å². The van der Waals surface area contributed by atoms with E-state index in [0.717, 1.165) is 24.0 Å². The molecule has 0 amide bonds. The summed E-state index contributed by atoms with van der Waals surface area (Å²) in [6, 6.07) is 0. The molecule has 5 rings (SSSR count). The number of hydrogen-bond acceptors (Lipinski definition) is 5. The Labute approximate surface area is 87.9 Å². The van der Waals surface area contributed by atoms with E-state index in [2.05, 4.69) is 0 Å². The van der Waals surface area contributed by atoms with E-state index in [1.807, 2.05) is 0 Å². The molecule has 5 heteroatoms. The second-order valence-corrected chi connectivity index (χ2v) is 4.39. The van der Waals surface area contributed by atoms with Gasteiger partial charge in [-0.3, -0.25) is 0 Å². The molecule has 0 aromatic carbocycles. The van der Waals surface area contributed by atoms with Crippen molar-refractivity contribution in [3.63, 3.8) is 0 Å². The minimum atomic E-state index is -0.669. The fourth-order valence-corrected chi connectivity index (χ4v) is 3.07. The van der Waals surface area contributed by atoms with Crippen molar-refractivity contribution in [1.82, 2.24) is 0 Å². The first-order valence-corrected chi connectivity index (χ1v) is 5.29. The van der Waals surface area contributed by atoms with Gasteiger partial charge in [0, 0.05) is 11.1 Å². The molecule has 3 aromatic heterocycles. The van der Waals surface area contributed by atoms with Gasteiger partial charge in [-0.2, -0.15) is 0 Å². The molecule has 1 fully saturated rings. The standard InChI is InChI=1S/C11H6O5/c12-11-15-9-7-5-3-1-2-4(13-3)6(5)8(14-7)10(9)16-11/h3-4H,1-2H2/t3-,4?/m0/s1. The molecule has 1 unspecified atom stereocenters. The Morgan fingerprint density at radius 1 is 0.812 bits per heavy atom. The van der Waals surface area contributed by atoms with Gasteiger partial charge in [0.1, 0.15) is 0 Å². The lowest BCUT2D eigenvalue weighted by Gasteiger charge is -2.05. The second kappa shape index (κ2) is 2.04. The van der Waals surface area contributed by atoms with Gasteiger partial charge < -0.3 is 18.0 Å². The number of furan rings is 2. The van der Waals surface area contributed by atoms with E-state index in [9.17, 15) is 4.79 Å². The summed E-state index contributed by atoms with van der Waals surface area (Å²) in [6.45, 7) is 0. The Morgan fingerprint density at radius 2 is 1.38 bits per heavy atom. The Bertz CT molecular complexity index is 713. The minimum Gasteiger partial charge on any atom is -0.448 e. The Kier molecular flexibility index (Phi) is 0.956. The van der Waals surface area contributed by atoms with Crippen LogP contribution in [0, 0.1) is 0 Å². The van der Waals surface area contributed by atoms with Gasteiger partial charge in [0.15, 0.2) is 11.2 Å². The van der Waals surface area contributed by atoms with E-state index in [-0.39, 0.29) is 12.2 Å². The zero-order valence-corrected chi connectivity index (χ0v) is 8.11.